The molecule has 1 aromatic rings. The predicted octanol–water partition coefficient (Wildman–Crippen LogP) is 3.38. The van der Waals surface area contributed by atoms with E-state index in [0.29, 0.717) is 5.92 Å². The van der Waals surface area contributed by atoms with E-state index in [-0.39, 0.29) is 6.04 Å². The number of hydrogen-bond acceptors (Lipinski definition) is 1. The van der Waals surface area contributed by atoms with Gasteiger partial charge < -0.3 is 5.32 Å². The van der Waals surface area contributed by atoms with Gasteiger partial charge in [0.2, 0.25) is 0 Å². The predicted molar refractivity (Wildman–Crippen MR) is 56.0 cm³/mol. The highest BCUT2D eigenvalue weighted by Gasteiger charge is 2.31. The van der Waals surface area contributed by atoms with Crippen molar-refractivity contribution in [1.29, 1.82) is 0 Å². The minimum atomic E-state index is -4.25. The molecule has 0 aromatic heterocycles. The summed E-state index contributed by atoms with van der Waals surface area (Å²) < 4.78 is 37.5. The topological polar surface area (TPSA) is 12.0 Å². The van der Waals surface area contributed by atoms with E-state index >= 15 is 0 Å². The van der Waals surface area contributed by atoms with Crippen molar-refractivity contribution in [1.82, 2.24) is 5.32 Å². The first-order valence-electron chi connectivity index (χ1n) is 5.37. The van der Waals surface area contributed by atoms with Crippen LogP contribution in [0.15, 0.2) is 24.3 Å². The largest absolute Gasteiger partial charge is 0.416 e. The van der Waals surface area contributed by atoms with Gasteiger partial charge >= 0.3 is 6.18 Å². The third-order valence-corrected chi connectivity index (χ3v) is 2.97. The van der Waals surface area contributed by atoms with Gasteiger partial charge in [0.1, 0.15) is 0 Å². The van der Waals surface area contributed by atoms with Crippen molar-refractivity contribution in [3.8, 4) is 0 Å². The Hall–Kier alpha value is -1.03. The summed E-state index contributed by atoms with van der Waals surface area (Å²) in [6.45, 7) is 2.97. The molecular weight excluding hydrogens is 215 g/mol. The molecule has 16 heavy (non-hydrogen) atoms. The Morgan fingerprint density at radius 3 is 2.62 bits per heavy atom. The normalized spacial score (nSPS) is 26.0. The molecule has 2 rings (SSSR count). The van der Waals surface area contributed by atoms with E-state index in [2.05, 4.69) is 12.2 Å². The highest BCUT2D eigenvalue weighted by atomic mass is 19.4. The van der Waals surface area contributed by atoms with Crippen LogP contribution >= 0.6 is 0 Å². The average Bonchev–Trinajstić information content (AvgIpc) is 2.64. The monoisotopic (exact) mass is 229 g/mol. The first kappa shape index (κ1) is 11.5. The Kier molecular flexibility index (Phi) is 2.93. The van der Waals surface area contributed by atoms with Crippen LogP contribution in [-0.2, 0) is 6.18 Å². The van der Waals surface area contributed by atoms with Crippen LogP contribution in [-0.4, -0.2) is 6.54 Å². The van der Waals surface area contributed by atoms with Crippen LogP contribution in [0.2, 0.25) is 0 Å². The summed E-state index contributed by atoms with van der Waals surface area (Å²) >= 11 is 0. The molecule has 2 unspecified atom stereocenters. The van der Waals surface area contributed by atoms with Gasteiger partial charge in [-0.3, -0.25) is 0 Å². The Morgan fingerprint density at radius 1 is 1.31 bits per heavy atom. The molecule has 0 bridgehead atoms. The molecule has 1 aliphatic heterocycles. The maximum absolute atomic E-state index is 12.5. The lowest BCUT2D eigenvalue weighted by Crippen LogP contribution is -2.14. The molecule has 0 spiro atoms. The van der Waals surface area contributed by atoms with Gasteiger partial charge in [-0.25, -0.2) is 0 Å². The summed E-state index contributed by atoms with van der Waals surface area (Å²) in [5.41, 5.74) is 0.172. The fraction of sp³-hybridized carbons (Fsp3) is 0.500. The second kappa shape index (κ2) is 4.09. The zero-order chi connectivity index (χ0) is 11.8. The van der Waals surface area contributed by atoms with Gasteiger partial charge in [0.05, 0.1) is 5.56 Å². The molecule has 2 atom stereocenters. The van der Waals surface area contributed by atoms with Crippen LogP contribution < -0.4 is 5.32 Å². The standard InChI is InChI=1S/C12H14F3N/c1-8-5-11(16-7-8)9-3-2-4-10(6-9)12(13,14)15/h2-4,6,8,11,16H,5,7H2,1H3. The van der Waals surface area contributed by atoms with E-state index in [1.807, 2.05) is 0 Å². The van der Waals surface area contributed by atoms with Crippen molar-refractivity contribution in [3.05, 3.63) is 35.4 Å². The Bertz CT molecular complexity index is 373. The molecule has 1 aliphatic rings. The fourth-order valence-corrected chi connectivity index (χ4v) is 2.10. The van der Waals surface area contributed by atoms with E-state index in [9.17, 15) is 13.2 Å². The van der Waals surface area contributed by atoms with Crippen LogP contribution in [0.5, 0.6) is 0 Å². The molecule has 0 saturated carbocycles. The molecule has 88 valence electrons. The third kappa shape index (κ3) is 2.38. The number of benzene rings is 1. The number of hydrogen-bond donors (Lipinski definition) is 1. The summed E-state index contributed by atoms with van der Waals surface area (Å²) in [6.07, 6.45) is -3.35. The lowest BCUT2D eigenvalue weighted by molar-refractivity contribution is -0.137. The fourth-order valence-electron chi connectivity index (χ4n) is 2.10. The van der Waals surface area contributed by atoms with Crippen molar-refractivity contribution in [2.24, 2.45) is 5.92 Å². The van der Waals surface area contributed by atoms with E-state index in [1.54, 1.807) is 6.07 Å². The molecule has 1 aromatic carbocycles. The van der Waals surface area contributed by atoms with Gasteiger partial charge in [0, 0.05) is 6.04 Å². The highest BCUT2D eigenvalue weighted by molar-refractivity contribution is 5.28. The van der Waals surface area contributed by atoms with Crippen LogP contribution in [0.3, 0.4) is 0 Å². The number of rotatable bonds is 1. The molecule has 1 N–H and O–H groups in total. The lowest BCUT2D eigenvalue weighted by atomic mass is 9.99. The number of nitrogens with one attached hydrogen (secondary N) is 1. The quantitative estimate of drug-likeness (QED) is 0.778. The number of halogens is 3. The summed E-state index contributed by atoms with van der Waals surface area (Å²) in [4.78, 5) is 0. The highest BCUT2D eigenvalue weighted by Crippen LogP contribution is 2.33. The molecule has 1 nitrogen and oxygen atoms in total. The van der Waals surface area contributed by atoms with E-state index in [0.717, 1.165) is 24.6 Å². The maximum atomic E-state index is 12.5. The summed E-state index contributed by atoms with van der Waals surface area (Å²) in [7, 11) is 0. The smallest absolute Gasteiger partial charge is 0.310 e. The molecule has 0 amide bonds. The van der Waals surface area contributed by atoms with Gasteiger partial charge in [0.25, 0.3) is 0 Å². The van der Waals surface area contributed by atoms with E-state index < -0.39 is 11.7 Å². The minimum Gasteiger partial charge on any atom is -0.310 e. The van der Waals surface area contributed by atoms with Gasteiger partial charge in [-0.2, -0.15) is 13.2 Å². The Morgan fingerprint density at radius 2 is 2.06 bits per heavy atom. The van der Waals surface area contributed by atoms with Crippen LogP contribution in [0.25, 0.3) is 0 Å². The van der Waals surface area contributed by atoms with E-state index in [4.69, 9.17) is 0 Å². The molecule has 4 heteroatoms. The maximum Gasteiger partial charge on any atom is 0.416 e. The molecule has 1 saturated heterocycles. The lowest BCUT2D eigenvalue weighted by Gasteiger charge is -2.13. The van der Waals surface area contributed by atoms with Crippen molar-refractivity contribution in [2.45, 2.75) is 25.6 Å². The Balaban J connectivity index is 2.23. The Labute approximate surface area is 92.7 Å². The van der Waals surface area contributed by atoms with Crippen molar-refractivity contribution in [2.75, 3.05) is 6.54 Å². The summed E-state index contributed by atoms with van der Waals surface area (Å²) in [6, 6.07) is 5.66. The van der Waals surface area contributed by atoms with Crippen molar-refractivity contribution in [3.63, 3.8) is 0 Å². The van der Waals surface area contributed by atoms with Crippen LogP contribution in [0, 0.1) is 5.92 Å². The van der Waals surface area contributed by atoms with E-state index in [1.165, 1.54) is 12.1 Å². The SMILES string of the molecule is CC1CNC(c2cccc(C(F)(F)F)c2)C1. The zero-order valence-electron chi connectivity index (χ0n) is 9.01. The second-order valence-electron chi connectivity index (χ2n) is 4.42. The molecule has 1 fully saturated rings. The second-order valence-corrected chi connectivity index (χ2v) is 4.42. The average molecular weight is 229 g/mol. The van der Waals surface area contributed by atoms with Crippen LogP contribution in [0.4, 0.5) is 13.2 Å². The minimum absolute atomic E-state index is 0.0669. The summed E-state index contributed by atoms with van der Waals surface area (Å²) in [5.74, 6) is 0.527. The third-order valence-electron chi connectivity index (χ3n) is 2.97. The molecule has 0 aliphatic carbocycles. The first-order valence-corrected chi connectivity index (χ1v) is 5.37. The summed E-state index contributed by atoms with van der Waals surface area (Å²) in [5, 5.41) is 3.23. The molecule has 0 radical (unpaired) electrons. The zero-order valence-corrected chi connectivity index (χ0v) is 9.01. The molecular formula is C12H14F3N. The van der Waals surface area contributed by atoms with Gasteiger partial charge in [-0.15, -0.1) is 0 Å². The van der Waals surface area contributed by atoms with Crippen LogP contribution in [0.1, 0.15) is 30.5 Å². The number of alkyl halides is 3. The first-order chi connectivity index (χ1) is 7.47. The van der Waals surface area contributed by atoms with Crippen molar-refractivity contribution >= 4 is 0 Å². The van der Waals surface area contributed by atoms with Gasteiger partial charge in [-0.05, 0) is 36.6 Å². The van der Waals surface area contributed by atoms with Gasteiger partial charge in [-0.1, -0.05) is 19.1 Å². The molecule has 1 heterocycles. The van der Waals surface area contributed by atoms with Crippen molar-refractivity contribution < 1.29 is 13.2 Å². The van der Waals surface area contributed by atoms with Gasteiger partial charge in [0.15, 0.2) is 0 Å².